The molecule has 2 unspecified atom stereocenters. The molecule has 2 N–H and O–H groups in total. The van der Waals surface area contributed by atoms with Crippen LogP contribution < -0.4 is 4.72 Å². The normalized spacial score (nSPS) is 24.0. The minimum absolute atomic E-state index is 0.00201. The molecular weight excluding hydrogens is 390 g/mol. The Balaban J connectivity index is 1.71. The highest BCUT2D eigenvalue weighted by atomic mass is 32.2. The lowest BCUT2D eigenvalue weighted by Crippen LogP contribution is -2.54. The average molecular weight is 418 g/mol. The lowest BCUT2D eigenvalue weighted by atomic mass is 10.2. The number of hydrogen-bond acceptors (Lipinski definition) is 6. The van der Waals surface area contributed by atoms with E-state index in [1.54, 1.807) is 6.92 Å². The minimum Gasteiger partial charge on any atom is -0.392 e. The Morgan fingerprint density at radius 1 is 1.11 bits per heavy atom. The van der Waals surface area contributed by atoms with E-state index in [0.29, 0.717) is 26.2 Å². The van der Waals surface area contributed by atoms with E-state index in [1.165, 1.54) is 28.6 Å². The molecule has 0 spiro atoms. The Morgan fingerprint density at radius 2 is 1.70 bits per heavy atom. The molecule has 0 radical (unpaired) electrons. The van der Waals surface area contributed by atoms with Crippen LogP contribution in [-0.2, 0) is 20.0 Å². The lowest BCUT2D eigenvalue weighted by molar-refractivity contribution is 0.0699. The first-order valence-electron chi connectivity index (χ1n) is 9.14. The second-order valence-corrected chi connectivity index (χ2v) is 11.1. The van der Waals surface area contributed by atoms with Crippen LogP contribution in [0.25, 0.3) is 0 Å². The minimum atomic E-state index is -3.69. The van der Waals surface area contributed by atoms with Gasteiger partial charge in [-0.05, 0) is 51.0 Å². The number of hydrogen-bond donors (Lipinski definition) is 2. The van der Waals surface area contributed by atoms with Crippen molar-refractivity contribution < 1.29 is 21.9 Å². The summed E-state index contributed by atoms with van der Waals surface area (Å²) in [6.07, 6.45) is 1.21. The van der Waals surface area contributed by atoms with E-state index in [9.17, 15) is 21.9 Å². The first-order valence-corrected chi connectivity index (χ1v) is 12.1. The molecule has 1 heterocycles. The van der Waals surface area contributed by atoms with Gasteiger partial charge in [-0.2, -0.15) is 4.31 Å². The zero-order valence-electron chi connectivity index (χ0n) is 15.6. The van der Waals surface area contributed by atoms with Gasteiger partial charge in [-0.1, -0.05) is 0 Å². The Morgan fingerprint density at radius 3 is 2.22 bits per heavy atom. The predicted octanol–water partition coefficient (Wildman–Crippen LogP) is 0.203. The molecule has 1 saturated carbocycles. The second-order valence-electron chi connectivity index (χ2n) is 7.42. The van der Waals surface area contributed by atoms with Crippen LogP contribution in [0.15, 0.2) is 34.1 Å². The summed E-state index contributed by atoms with van der Waals surface area (Å²) < 4.78 is 54.2. The van der Waals surface area contributed by atoms with Gasteiger partial charge in [0.25, 0.3) is 0 Å². The highest BCUT2D eigenvalue weighted by Gasteiger charge is 2.33. The van der Waals surface area contributed by atoms with Crippen LogP contribution in [0.5, 0.6) is 0 Å². The lowest BCUT2D eigenvalue weighted by Gasteiger charge is -2.39. The third kappa shape index (κ3) is 4.87. The van der Waals surface area contributed by atoms with Crippen molar-refractivity contribution in [1.29, 1.82) is 0 Å². The zero-order valence-corrected chi connectivity index (χ0v) is 17.2. The zero-order chi connectivity index (χ0) is 19.8. The molecule has 1 aliphatic carbocycles. The Labute approximate surface area is 161 Å². The maximum Gasteiger partial charge on any atom is 0.243 e. The number of rotatable bonds is 7. The van der Waals surface area contributed by atoms with Crippen molar-refractivity contribution >= 4 is 20.0 Å². The summed E-state index contributed by atoms with van der Waals surface area (Å²) in [7, 11) is -7.29. The summed E-state index contributed by atoms with van der Waals surface area (Å²) in [5, 5.41) is 9.55. The van der Waals surface area contributed by atoms with Gasteiger partial charge >= 0.3 is 0 Å². The number of aliphatic hydroxyl groups is 1. The molecule has 152 valence electrons. The summed E-state index contributed by atoms with van der Waals surface area (Å²) in [5.41, 5.74) is 0. The third-order valence-corrected chi connectivity index (χ3v) is 8.31. The van der Waals surface area contributed by atoms with E-state index in [-0.39, 0.29) is 21.9 Å². The summed E-state index contributed by atoms with van der Waals surface area (Å²) >= 11 is 0. The molecule has 2 atom stereocenters. The SMILES string of the molecule is CC(O)CN1CCN(S(=O)(=O)c2ccc(S(=O)(=O)NC3CC3)cc2)CC1C. The van der Waals surface area contributed by atoms with Crippen LogP contribution in [0.3, 0.4) is 0 Å². The fourth-order valence-electron chi connectivity index (χ4n) is 3.22. The molecule has 1 aromatic rings. The topological polar surface area (TPSA) is 107 Å². The fourth-order valence-corrected chi connectivity index (χ4v) is 6.04. The van der Waals surface area contributed by atoms with E-state index in [4.69, 9.17) is 0 Å². The molecule has 10 heteroatoms. The number of sulfonamides is 2. The molecule has 27 heavy (non-hydrogen) atoms. The summed E-state index contributed by atoms with van der Waals surface area (Å²) in [6.45, 7) is 5.37. The average Bonchev–Trinajstić information content (AvgIpc) is 3.39. The number of benzene rings is 1. The Hall–Kier alpha value is -1.04. The molecule has 1 saturated heterocycles. The highest BCUT2D eigenvalue weighted by Crippen LogP contribution is 2.24. The maximum absolute atomic E-state index is 12.9. The molecule has 0 aromatic heterocycles. The van der Waals surface area contributed by atoms with Crippen molar-refractivity contribution in [3.05, 3.63) is 24.3 Å². The molecule has 2 fully saturated rings. The smallest absolute Gasteiger partial charge is 0.243 e. The van der Waals surface area contributed by atoms with Crippen molar-refractivity contribution in [2.24, 2.45) is 0 Å². The van der Waals surface area contributed by atoms with Gasteiger partial charge in [-0.3, -0.25) is 4.90 Å². The number of β-amino-alcohol motifs (C(OH)–C–C–N with tert-alkyl or cyclic N) is 1. The van der Waals surface area contributed by atoms with E-state index in [2.05, 4.69) is 9.62 Å². The van der Waals surface area contributed by atoms with Gasteiger partial charge in [0.2, 0.25) is 20.0 Å². The van der Waals surface area contributed by atoms with Crippen LogP contribution >= 0.6 is 0 Å². The van der Waals surface area contributed by atoms with Gasteiger partial charge in [-0.15, -0.1) is 0 Å². The first-order chi connectivity index (χ1) is 12.6. The van der Waals surface area contributed by atoms with Crippen molar-refractivity contribution in [3.8, 4) is 0 Å². The van der Waals surface area contributed by atoms with E-state index in [1.807, 2.05) is 6.92 Å². The van der Waals surface area contributed by atoms with Gasteiger partial charge in [0, 0.05) is 38.3 Å². The standard InChI is InChI=1S/C17H27N3O5S2/c1-13-11-20(10-9-19(13)12-14(2)21)27(24,25)17-7-5-16(6-8-17)26(22,23)18-15-3-4-15/h5-8,13-15,18,21H,3-4,9-12H2,1-2H3. The second kappa shape index (κ2) is 7.76. The van der Waals surface area contributed by atoms with Gasteiger partial charge in [-0.25, -0.2) is 21.6 Å². The number of nitrogens with zero attached hydrogens (tertiary/aromatic N) is 2. The molecular formula is C17H27N3O5S2. The van der Waals surface area contributed by atoms with Crippen LogP contribution in [0.4, 0.5) is 0 Å². The van der Waals surface area contributed by atoms with Gasteiger partial charge < -0.3 is 5.11 Å². The van der Waals surface area contributed by atoms with Crippen molar-refractivity contribution in [3.63, 3.8) is 0 Å². The monoisotopic (exact) mass is 417 g/mol. The van der Waals surface area contributed by atoms with E-state index >= 15 is 0 Å². The van der Waals surface area contributed by atoms with Crippen LogP contribution in [0.1, 0.15) is 26.7 Å². The van der Waals surface area contributed by atoms with Crippen LogP contribution in [0.2, 0.25) is 0 Å². The molecule has 0 bridgehead atoms. The molecule has 2 aliphatic rings. The van der Waals surface area contributed by atoms with Crippen molar-refractivity contribution in [1.82, 2.24) is 13.9 Å². The van der Waals surface area contributed by atoms with Crippen molar-refractivity contribution in [2.45, 2.75) is 54.7 Å². The number of nitrogens with one attached hydrogen (secondary N) is 1. The first kappa shape index (κ1) is 20.7. The van der Waals surface area contributed by atoms with Gasteiger partial charge in [0.1, 0.15) is 0 Å². The summed E-state index contributed by atoms with van der Waals surface area (Å²) in [5.74, 6) is 0. The number of piperazine rings is 1. The summed E-state index contributed by atoms with van der Waals surface area (Å²) in [6, 6.07) is 5.37. The van der Waals surface area contributed by atoms with Gasteiger partial charge in [0.05, 0.1) is 15.9 Å². The summed E-state index contributed by atoms with van der Waals surface area (Å²) in [4.78, 5) is 2.23. The number of aliphatic hydroxyl groups excluding tert-OH is 1. The maximum atomic E-state index is 12.9. The molecule has 1 aromatic carbocycles. The van der Waals surface area contributed by atoms with E-state index < -0.39 is 26.2 Å². The predicted molar refractivity (Wildman–Crippen MR) is 101 cm³/mol. The Bertz CT molecular complexity index is 864. The quantitative estimate of drug-likeness (QED) is 0.657. The van der Waals surface area contributed by atoms with Gasteiger partial charge in [0.15, 0.2) is 0 Å². The fraction of sp³-hybridized carbons (Fsp3) is 0.647. The molecule has 1 aliphatic heterocycles. The van der Waals surface area contributed by atoms with Crippen LogP contribution in [-0.4, -0.2) is 75.5 Å². The third-order valence-electron chi connectivity index (χ3n) is 4.90. The van der Waals surface area contributed by atoms with Crippen LogP contribution in [0, 0.1) is 0 Å². The highest BCUT2D eigenvalue weighted by molar-refractivity contribution is 7.89. The van der Waals surface area contributed by atoms with Crippen molar-refractivity contribution in [2.75, 3.05) is 26.2 Å². The Kier molecular flexibility index (Phi) is 5.95. The molecule has 0 amide bonds. The van der Waals surface area contributed by atoms with E-state index in [0.717, 1.165) is 12.8 Å². The molecule has 3 rings (SSSR count). The largest absolute Gasteiger partial charge is 0.392 e. The molecule has 8 nitrogen and oxygen atoms in total.